The van der Waals surface area contributed by atoms with Crippen molar-refractivity contribution in [1.82, 2.24) is 10.3 Å². The molecule has 1 saturated carbocycles. The molecular weight excluding hydrogens is 314 g/mol. The SMILES string of the molecule is C[C@H]1CCCC[C@@H]1NC(=O)CCC(=O)N1CCC(c2ccccc2)=N1. The first kappa shape index (κ1) is 17.6. The molecule has 3 rings (SSSR count). The van der Waals surface area contributed by atoms with E-state index < -0.39 is 0 Å². The molecule has 0 aromatic heterocycles. The first-order chi connectivity index (χ1) is 12.1. The number of hydrazone groups is 1. The third-order valence-electron chi connectivity index (χ3n) is 5.22. The van der Waals surface area contributed by atoms with Crippen molar-refractivity contribution in [2.24, 2.45) is 11.0 Å². The molecule has 1 N–H and O–H groups in total. The zero-order valence-corrected chi connectivity index (χ0v) is 14.9. The van der Waals surface area contributed by atoms with Crippen LogP contribution in [0, 0.1) is 5.92 Å². The van der Waals surface area contributed by atoms with Gasteiger partial charge in [-0.25, -0.2) is 5.01 Å². The van der Waals surface area contributed by atoms with E-state index in [0.717, 1.165) is 24.1 Å². The molecule has 1 aromatic carbocycles. The average Bonchev–Trinajstić information content (AvgIpc) is 3.13. The van der Waals surface area contributed by atoms with Gasteiger partial charge in [-0.2, -0.15) is 5.10 Å². The Morgan fingerprint density at radius 1 is 1.16 bits per heavy atom. The van der Waals surface area contributed by atoms with Crippen LogP contribution in [0.2, 0.25) is 0 Å². The topological polar surface area (TPSA) is 61.8 Å². The highest BCUT2D eigenvalue weighted by atomic mass is 16.2. The number of benzene rings is 1. The summed E-state index contributed by atoms with van der Waals surface area (Å²) in [4.78, 5) is 24.5. The van der Waals surface area contributed by atoms with Gasteiger partial charge in [0.05, 0.1) is 12.3 Å². The van der Waals surface area contributed by atoms with Gasteiger partial charge in [-0.05, 0) is 24.3 Å². The van der Waals surface area contributed by atoms with Crippen molar-refractivity contribution in [1.29, 1.82) is 0 Å². The van der Waals surface area contributed by atoms with Gasteiger partial charge in [0, 0.05) is 25.3 Å². The lowest BCUT2D eigenvalue weighted by Crippen LogP contribution is -2.41. The van der Waals surface area contributed by atoms with Crippen molar-refractivity contribution in [3.63, 3.8) is 0 Å². The highest BCUT2D eigenvalue weighted by molar-refractivity contribution is 6.02. The molecule has 0 saturated heterocycles. The average molecular weight is 341 g/mol. The Hall–Kier alpha value is -2.17. The molecule has 134 valence electrons. The van der Waals surface area contributed by atoms with Crippen molar-refractivity contribution < 1.29 is 9.59 Å². The van der Waals surface area contributed by atoms with Crippen LogP contribution in [0.3, 0.4) is 0 Å². The molecule has 1 aromatic rings. The molecule has 0 bridgehead atoms. The summed E-state index contributed by atoms with van der Waals surface area (Å²) in [6.07, 6.45) is 5.89. The van der Waals surface area contributed by atoms with Gasteiger partial charge in [0.1, 0.15) is 0 Å². The number of amides is 2. The summed E-state index contributed by atoms with van der Waals surface area (Å²) in [5, 5.41) is 9.05. The van der Waals surface area contributed by atoms with Crippen LogP contribution in [-0.2, 0) is 9.59 Å². The molecular formula is C20H27N3O2. The summed E-state index contributed by atoms with van der Waals surface area (Å²) in [6.45, 7) is 2.80. The van der Waals surface area contributed by atoms with Gasteiger partial charge in [-0.3, -0.25) is 9.59 Å². The number of carbonyl (C=O) groups is 2. The van der Waals surface area contributed by atoms with Crippen molar-refractivity contribution >= 4 is 17.5 Å². The minimum absolute atomic E-state index is 0.0152. The van der Waals surface area contributed by atoms with Crippen LogP contribution in [0.15, 0.2) is 35.4 Å². The van der Waals surface area contributed by atoms with E-state index in [1.165, 1.54) is 24.3 Å². The van der Waals surface area contributed by atoms with Crippen LogP contribution >= 0.6 is 0 Å². The molecule has 1 aliphatic carbocycles. The van der Waals surface area contributed by atoms with E-state index >= 15 is 0 Å². The van der Waals surface area contributed by atoms with Crippen molar-refractivity contribution in [2.45, 2.75) is 57.9 Å². The molecule has 1 aliphatic heterocycles. The minimum atomic E-state index is -0.0715. The number of hydrogen-bond donors (Lipinski definition) is 1. The minimum Gasteiger partial charge on any atom is -0.353 e. The van der Waals surface area contributed by atoms with E-state index in [9.17, 15) is 9.59 Å². The normalized spacial score (nSPS) is 23.2. The van der Waals surface area contributed by atoms with Crippen LogP contribution in [-0.4, -0.2) is 35.1 Å². The molecule has 5 heteroatoms. The van der Waals surface area contributed by atoms with Gasteiger partial charge in [-0.1, -0.05) is 50.1 Å². The van der Waals surface area contributed by atoms with Gasteiger partial charge < -0.3 is 5.32 Å². The molecule has 1 fully saturated rings. The lowest BCUT2D eigenvalue weighted by Gasteiger charge is -2.29. The largest absolute Gasteiger partial charge is 0.353 e. The van der Waals surface area contributed by atoms with E-state index in [4.69, 9.17) is 0 Å². The van der Waals surface area contributed by atoms with Crippen LogP contribution in [0.25, 0.3) is 0 Å². The third kappa shape index (κ3) is 4.68. The summed E-state index contributed by atoms with van der Waals surface area (Å²) in [5.74, 6) is 0.446. The Kier molecular flexibility index (Phi) is 5.84. The Morgan fingerprint density at radius 2 is 1.92 bits per heavy atom. The third-order valence-corrected chi connectivity index (χ3v) is 5.22. The number of hydrogen-bond acceptors (Lipinski definition) is 3. The predicted octanol–water partition coefficient (Wildman–Crippen LogP) is 3.10. The van der Waals surface area contributed by atoms with E-state index in [-0.39, 0.29) is 30.7 Å². The molecule has 1 heterocycles. The maximum atomic E-state index is 12.3. The zero-order valence-electron chi connectivity index (χ0n) is 14.9. The van der Waals surface area contributed by atoms with Crippen LogP contribution in [0.5, 0.6) is 0 Å². The van der Waals surface area contributed by atoms with Gasteiger partial charge in [0.25, 0.3) is 0 Å². The van der Waals surface area contributed by atoms with E-state index in [1.54, 1.807) is 0 Å². The number of carbonyl (C=O) groups excluding carboxylic acids is 2. The molecule has 2 aliphatic rings. The Labute approximate surface area is 149 Å². The van der Waals surface area contributed by atoms with Gasteiger partial charge in [0.15, 0.2) is 0 Å². The summed E-state index contributed by atoms with van der Waals surface area (Å²) in [6, 6.07) is 10.2. The lowest BCUT2D eigenvalue weighted by molar-refractivity contribution is -0.133. The monoisotopic (exact) mass is 341 g/mol. The number of rotatable bonds is 5. The highest BCUT2D eigenvalue weighted by Gasteiger charge is 2.24. The Balaban J connectivity index is 1.46. The summed E-state index contributed by atoms with van der Waals surface area (Å²) >= 11 is 0. The van der Waals surface area contributed by atoms with Crippen molar-refractivity contribution in [3.05, 3.63) is 35.9 Å². The van der Waals surface area contributed by atoms with Gasteiger partial charge >= 0.3 is 0 Å². The zero-order chi connectivity index (χ0) is 17.6. The number of nitrogens with zero attached hydrogens (tertiary/aromatic N) is 2. The molecule has 0 unspecified atom stereocenters. The second kappa shape index (κ2) is 8.28. The highest BCUT2D eigenvalue weighted by Crippen LogP contribution is 2.23. The van der Waals surface area contributed by atoms with Crippen molar-refractivity contribution in [2.75, 3.05) is 6.54 Å². The van der Waals surface area contributed by atoms with Crippen LogP contribution < -0.4 is 5.32 Å². The van der Waals surface area contributed by atoms with Crippen molar-refractivity contribution in [3.8, 4) is 0 Å². The second-order valence-electron chi connectivity index (χ2n) is 7.12. The Bertz CT molecular complexity index is 642. The van der Waals surface area contributed by atoms with Gasteiger partial charge in [0.2, 0.25) is 11.8 Å². The van der Waals surface area contributed by atoms with Crippen LogP contribution in [0.4, 0.5) is 0 Å². The number of nitrogens with one attached hydrogen (secondary N) is 1. The first-order valence-corrected chi connectivity index (χ1v) is 9.36. The molecule has 2 atom stereocenters. The fraction of sp³-hybridized carbons (Fsp3) is 0.550. The van der Waals surface area contributed by atoms with E-state index in [0.29, 0.717) is 12.5 Å². The molecule has 0 spiro atoms. The molecule has 25 heavy (non-hydrogen) atoms. The smallest absolute Gasteiger partial charge is 0.243 e. The summed E-state index contributed by atoms with van der Waals surface area (Å²) in [5.41, 5.74) is 2.00. The maximum Gasteiger partial charge on any atom is 0.243 e. The fourth-order valence-electron chi connectivity index (χ4n) is 3.63. The van der Waals surface area contributed by atoms with E-state index in [2.05, 4.69) is 17.3 Å². The fourth-order valence-corrected chi connectivity index (χ4v) is 3.63. The second-order valence-corrected chi connectivity index (χ2v) is 7.12. The van der Waals surface area contributed by atoms with Gasteiger partial charge in [-0.15, -0.1) is 0 Å². The predicted molar refractivity (Wildman–Crippen MR) is 98.1 cm³/mol. The standard InChI is InChI=1S/C20H27N3O2/c1-15-7-5-6-10-17(15)21-19(24)11-12-20(25)23-14-13-18(22-23)16-8-3-2-4-9-16/h2-4,8-9,15,17H,5-7,10-14H2,1H3,(H,21,24)/t15-,17-/m0/s1. The molecule has 2 amide bonds. The summed E-state index contributed by atoms with van der Waals surface area (Å²) in [7, 11) is 0. The molecule has 5 nitrogen and oxygen atoms in total. The van der Waals surface area contributed by atoms with Crippen LogP contribution in [0.1, 0.15) is 57.4 Å². The first-order valence-electron chi connectivity index (χ1n) is 9.36. The lowest BCUT2D eigenvalue weighted by atomic mass is 9.86. The Morgan fingerprint density at radius 3 is 2.68 bits per heavy atom. The summed E-state index contributed by atoms with van der Waals surface area (Å²) < 4.78 is 0. The maximum absolute atomic E-state index is 12.3. The molecule has 0 radical (unpaired) electrons. The quantitative estimate of drug-likeness (QED) is 0.894. The van der Waals surface area contributed by atoms with E-state index in [1.807, 2.05) is 30.3 Å².